The van der Waals surface area contributed by atoms with Crippen molar-refractivity contribution in [1.29, 1.82) is 0 Å². The van der Waals surface area contributed by atoms with Crippen molar-refractivity contribution in [3.63, 3.8) is 0 Å². The highest BCUT2D eigenvalue weighted by atomic mass is 127. The molecule has 1 aliphatic heterocycles. The summed E-state index contributed by atoms with van der Waals surface area (Å²) in [5, 5.41) is 3.29. The van der Waals surface area contributed by atoms with Crippen LogP contribution in [0.25, 0.3) is 0 Å². The molecule has 0 aromatic heterocycles. The second kappa shape index (κ2) is 10.8. The molecule has 1 unspecified atom stereocenters. The molecule has 0 amide bonds. The van der Waals surface area contributed by atoms with Gasteiger partial charge in [-0.25, -0.2) is 0 Å². The fourth-order valence-electron chi connectivity index (χ4n) is 1.91. The monoisotopic (exact) mass is 371 g/mol. The first kappa shape index (κ1) is 17.9. The van der Waals surface area contributed by atoms with Gasteiger partial charge in [0, 0.05) is 39.8 Å². The van der Waals surface area contributed by atoms with Crippen LogP contribution in [0.1, 0.15) is 13.3 Å². The number of aliphatic imine (C=N–C) groups is 1. The third-order valence-corrected chi connectivity index (χ3v) is 2.81. The van der Waals surface area contributed by atoms with Crippen molar-refractivity contribution >= 4 is 29.9 Å². The van der Waals surface area contributed by atoms with E-state index >= 15 is 0 Å². The highest BCUT2D eigenvalue weighted by Crippen LogP contribution is 2.13. The highest BCUT2D eigenvalue weighted by Gasteiger charge is 2.18. The molecule has 0 bridgehead atoms. The molecule has 5 nitrogen and oxygen atoms in total. The number of guanidine groups is 1. The Morgan fingerprint density at radius 3 is 2.89 bits per heavy atom. The second-order valence-corrected chi connectivity index (χ2v) is 4.34. The van der Waals surface area contributed by atoms with Crippen LogP contribution in [0.3, 0.4) is 0 Å². The molecule has 1 aliphatic rings. The first-order chi connectivity index (χ1) is 8.27. The van der Waals surface area contributed by atoms with Crippen LogP contribution >= 0.6 is 24.0 Å². The summed E-state index contributed by atoms with van der Waals surface area (Å²) in [6, 6.07) is 0. The van der Waals surface area contributed by atoms with Crippen molar-refractivity contribution in [2.24, 2.45) is 10.9 Å². The van der Waals surface area contributed by atoms with Gasteiger partial charge in [0.2, 0.25) is 0 Å². The van der Waals surface area contributed by atoms with Gasteiger partial charge in [0.05, 0.1) is 19.8 Å². The van der Waals surface area contributed by atoms with Gasteiger partial charge in [-0.1, -0.05) is 0 Å². The Kier molecular flexibility index (Phi) is 10.8. The smallest absolute Gasteiger partial charge is 0.193 e. The molecular weight excluding hydrogens is 345 g/mol. The standard InChI is InChI=1S/C12H25N3O2.HI/c1-4-13-12(14-6-8-16-3)15(2)9-11-5-7-17-10-11;/h11H,4-10H2,1-3H3,(H,13,14);1H. The van der Waals surface area contributed by atoms with Gasteiger partial charge in [-0.2, -0.15) is 0 Å². The quantitative estimate of drug-likeness (QED) is 0.330. The first-order valence-corrected chi connectivity index (χ1v) is 6.34. The molecule has 18 heavy (non-hydrogen) atoms. The fourth-order valence-corrected chi connectivity index (χ4v) is 1.91. The number of rotatable bonds is 6. The molecule has 1 saturated heterocycles. The summed E-state index contributed by atoms with van der Waals surface area (Å²) in [4.78, 5) is 6.69. The van der Waals surface area contributed by atoms with E-state index in [2.05, 4.69) is 29.2 Å². The fraction of sp³-hybridized carbons (Fsp3) is 0.917. The number of nitrogens with zero attached hydrogens (tertiary/aromatic N) is 2. The maximum absolute atomic E-state index is 5.39. The van der Waals surface area contributed by atoms with E-state index in [0.29, 0.717) is 19.1 Å². The minimum absolute atomic E-state index is 0. The van der Waals surface area contributed by atoms with Gasteiger partial charge in [0.1, 0.15) is 0 Å². The molecule has 0 aromatic carbocycles. The number of halogens is 1. The third-order valence-electron chi connectivity index (χ3n) is 2.81. The Morgan fingerprint density at radius 2 is 2.33 bits per heavy atom. The lowest BCUT2D eigenvalue weighted by molar-refractivity contribution is 0.181. The predicted octanol–water partition coefficient (Wildman–Crippen LogP) is 1.18. The minimum Gasteiger partial charge on any atom is -0.383 e. The van der Waals surface area contributed by atoms with Crippen LogP contribution in [0.4, 0.5) is 0 Å². The predicted molar refractivity (Wildman–Crippen MR) is 84.8 cm³/mol. The minimum atomic E-state index is 0. The lowest BCUT2D eigenvalue weighted by Crippen LogP contribution is -2.41. The van der Waals surface area contributed by atoms with Crippen LogP contribution in [-0.2, 0) is 9.47 Å². The van der Waals surface area contributed by atoms with Crippen molar-refractivity contribution in [2.75, 3.05) is 53.6 Å². The summed E-state index contributed by atoms with van der Waals surface area (Å²) < 4.78 is 10.4. The van der Waals surface area contributed by atoms with E-state index < -0.39 is 0 Å². The summed E-state index contributed by atoms with van der Waals surface area (Å²) in [5.74, 6) is 1.59. The van der Waals surface area contributed by atoms with Crippen molar-refractivity contribution in [3.8, 4) is 0 Å². The Balaban J connectivity index is 0.00000289. The highest BCUT2D eigenvalue weighted by molar-refractivity contribution is 14.0. The Hall–Kier alpha value is -0.0800. The van der Waals surface area contributed by atoms with Gasteiger partial charge in [0.15, 0.2) is 5.96 Å². The molecular formula is C12H26IN3O2. The van der Waals surface area contributed by atoms with Gasteiger partial charge in [0.25, 0.3) is 0 Å². The van der Waals surface area contributed by atoms with Crippen LogP contribution < -0.4 is 5.32 Å². The number of methoxy groups -OCH3 is 1. The molecule has 6 heteroatoms. The zero-order chi connectivity index (χ0) is 12.5. The zero-order valence-corrected chi connectivity index (χ0v) is 14.0. The van der Waals surface area contributed by atoms with E-state index in [9.17, 15) is 0 Å². The summed E-state index contributed by atoms with van der Waals surface area (Å²) in [6.07, 6.45) is 1.15. The second-order valence-electron chi connectivity index (χ2n) is 4.34. The zero-order valence-electron chi connectivity index (χ0n) is 11.6. The Bertz CT molecular complexity index is 233. The maximum atomic E-state index is 5.39. The normalized spacial score (nSPS) is 19.5. The van der Waals surface area contributed by atoms with Crippen molar-refractivity contribution in [2.45, 2.75) is 13.3 Å². The van der Waals surface area contributed by atoms with Crippen LogP contribution in [0.5, 0.6) is 0 Å². The Labute approximate surface area is 127 Å². The number of ether oxygens (including phenoxy) is 2. The van der Waals surface area contributed by atoms with Crippen LogP contribution in [0.15, 0.2) is 4.99 Å². The van der Waals surface area contributed by atoms with Crippen LogP contribution in [-0.4, -0.2) is 64.5 Å². The summed E-state index contributed by atoms with van der Waals surface area (Å²) in [5.41, 5.74) is 0. The number of hydrogen-bond acceptors (Lipinski definition) is 3. The van der Waals surface area contributed by atoms with Gasteiger partial charge in [-0.3, -0.25) is 4.99 Å². The molecule has 1 atom stereocenters. The first-order valence-electron chi connectivity index (χ1n) is 6.34. The van der Waals surface area contributed by atoms with Gasteiger partial charge in [-0.15, -0.1) is 24.0 Å². The largest absolute Gasteiger partial charge is 0.383 e. The van der Waals surface area contributed by atoms with E-state index in [1.54, 1.807) is 7.11 Å². The van der Waals surface area contributed by atoms with Crippen LogP contribution in [0, 0.1) is 5.92 Å². The molecule has 0 aliphatic carbocycles. The summed E-state index contributed by atoms with van der Waals surface area (Å²) >= 11 is 0. The molecule has 1 heterocycles. The summed E-state index contributed by atoms with van der Waals surface area (Å²) in [6.45, 7) is 7.10. The molecule has 1 fully saturated rings. The maximum Gasteiger partial charge on any atom is 0.193 e. The van der Waals surface area contributed by atoms with Gasteiger partial charge >= 0.3 is 0 Å². The molecule has 0 radical (unpaired) electrons. The average molecular weight is 371 g/mol. The van der Waals surface area contributed by atoms with Crippen molar-refractivity contribution < 1.29 is 9.47 Å². The third kappa shape index (κ3) is 6.75. The van der Waals surface area contributed by atoms with E-state index in [-0.39, 0.29) is 24.0 Å². The van der Waals surface area contributed by atoms with Gasteiger partial charge < -0.3 is 19.7 Å². The lowest BCUT2D eigenvalue weighted by Gasteiger charge is -2.24. The van der Waals surface area contributed by atoms with E-state index in [1.165, 1.54) is 0 Å². The molecule has 0 saturated carbocycles. The van der Waals surface area contributed by atoms with E-state index in [0.717, 1.165) is 38.7 Å². The number of nitrogens with one attached hydrogen (secondary N) is 1. The average Bonchev–Trinajstić information content (AvgIpc) is 2.81. The summed E-state index contributed by atoms with van der Waals surface area (Å²) in [7, 11) is 3.77. The number of hydrogen-bond donors (Lipinski definition) is 1. The Morgan fingerprint density at radius 1 is 1.56 bits per heavy atom. The topological polar surface area (TPSA) is 46.1 Å². The van der Waals surface area contributed by atoms with E-state index in [1.807, 2.05) is 0 Å². The molecule has 108 valence electrons. The molecule has 0 spiro atoms. The lowest BCUT2D eigenvalue weighted by atomic mass is 10.1. The van der Waals surface area contributed by atoms with Crippen LogP contribution in [0.2, 0.25) is 0 Å². The molecule has 1 rings (SSSR count). The molecule has 1 N–H and O–H groups in total. The van der Waals surface area contributed by atoms with Crippen molar-refractivity contribution in [3.05, 3.63) is 0 Å². The molecule has 0 aromatic rings. The van der Waals surface area contributed by atoms with E-state index in [4.69, 9.17) is 9.47 Å². The SMILES string of the molecule is CCNC(=NCCOC)N(C)CC1CCOC1.I. The van der Waals surface area contributed by atoms with Crippen molar-refractivity contribution in [1.82, 2.24) is 10.2 Å². The van der Waals surface area contributed by atoms with Gasteiger partial charge in [-0.05, 0) is 13.3 Å².